The second-order valence-corrected chi connectivity index (χ2v) is 11.6. The standard InChI is InChI=1S/C31H29N3O5S2/c32-29(23-7-4-8-24(17-23)39-18-22-5-2-1-3-6-22)26(15-20-11-13-25(14-12-20)41(37)38)27(16-21-9-10-21)33-31-34-28(19-40-31)30(35)36/h1-8,11-14,17,19,21H,9-10,15-16,18,32H2,(H,35,36)(H,37,38)/p-1/b29-26-,33-27+. The predicted molar refractivity (Wildman–Crippen MR) is 159 cm³/mol. The first kappa shape index (κ1) is 28.4. The SMILES string of the molecule is N/C(=C(Cc1ccc(S(=O)[O-])cc1)\C(CC1CC1)=N\c1nc(C(=O)O)cs1)c1cccc(OCc2ccccc2)c1. The largest absolute Gasteiger partial charge is 0.768 e. The van der Waals surface area contributed by atoms with Gasteiger partial charge in [-0.2, -0.15) is 0 Å². The Balaban J connectivity index is 1.53. The van der Waals surface area contributed by atoms with Crippen LogP contribution >= 0.6 is 11.3 Å². The van der Waals surface area contributed by atoms with Crippen molar-refractivity contribution in [1.29, 1.82) is 0 Å². The molecule has 0 radical (unpaired) electrons. The summed E-state index contributed by atoms with van der Waals surface area (Å²) in [6.45, 7) is 0.415. The summed E-state index contributed by atoms with van der Waals surface area (Å²) >= 11 is -1.16. The Bertz CT molecular complexity index is 1610. The lowest BCUT2D eigenvalue weighted by Gasteiger charge is -2.17. The average Bonchev–Trinajstić information content (AvgIpc) is 3.68. The number of hydrogen-bond donors (Lipinski definition) is 2. The summed E-state index contributed by atoms with van der Waals surface area (Å²) < 4.78 is 28.8. The van der Waals surface area contributed by atoms with Crippen molar-refractivity contribution in [2.75, 3.05) is 0 Å². The van der Waals surface area contributed by atoms with Crippen LogP contribution in [0.25, 0.3) is 5.70 Å². The van der Waals surface area contributed by atoms with Gasteiger partial charge in [-0.05, 0) is 71.7 Å². The second-order valence-electron chi connectivity index (χ2n) is 9.78. The summed E-state index contributed by atoms with van der Waals surface area (Å²) in [5.74, 6) is 0.0220. The van der Waals surface area contributed by atoms with Gasteiger partial charge in [-0.1, -0.05) is 54.6 Å². The van der Waals surface area contributed by atoms with E-state index in [4.69, 9.17) is 15.5 Å². The molecule has 0 amide bonds. The number of nitrogens with two attached hydrogens (primary N) is 1. The third-order valence-electron chi connectivity index (χ3n) is 6.68. The van der Waals surface area contributed by atoms with Gasteiger partial charge >= 0.3 is 5.97 Å². The van der Waals surface area contributed by atoms with Crippen molar-refractivity contribution in [2.24, 2.45) is 16.6 Å². The van der Waals surface area contributed by atoms with Crippen LogP contribution in [0, 0.1) is 5.92 Å². The van der Waals surface area contributed by atoms with Crippen molar-refractivity contribution in [2.45, 2.75) is 37.2 Å². The van der Waals surface area contributed by atoms with Crippen LogP contribution in [0.3, 0.4) is 0 Å². The molecule has 4 aromatic rings. The number of ether oxygens (including phenoxy) is 1. The van der Waals surface area contributed by atoms with Crippen molar-refractivity contribution < 1.29 is 23.4 Å². The van der Waals surface area contributed by atoms with Gasteiger partial charge in [0, 0.05) is 39.2 Å². The Morgan fingerprint density at radius 1 is 1.07 bits per heavy atom. The highest BCUT2D eigenvalue weighted by Crippen LogP contribution is 2.36. The first-order valence-corrected chi connectivity index (χ1v) is 15.0. The number of aromatic carboxylic acids is 1. The molecule has 210 valence electrons. The van der Waals surface area contributed by atoms with Crippen molar-refractivity contribution in [1.82, 2.24) is 4.98 Å². The minimum Gasteiger partial charge on any atom is -0.768 e. The van der Waals surface area contributed by atoms with Gasteiger partial charge in [-0.15, -0.1) is 11.3 Å². The summed E-state index contributed by atoms with van der Waals surface area (Å²) in [4.78, 5) is 20.6. The number of benzene rings is 3. The van der Waals surface area contributed by atoms with Gasteiger partial charge in [0.15, 0.2) is 5.69 Å². The molecular weight excluding hydrogens is 558 g/mol. The Hall–Kier alpha value is -4.12. The first-order chi connectivity index (χ1) is 19.9. The number of allylic oxidation sites excluding steroid dienone is 1. The maximum Gasteiger partial charge on any atom is 0.355 e. The minimum atomic E-state index is -2.32. The molecule has 1 fully saturated rings. The minimum absolute atomic E-state index is 0.0532. The molecule has 0 saturated heterocycles. The molecule has 3 aromatic carbocycles. The number of aromatic nitrogens is 1. The Morgan fingerprint density at radius 3 is 2.49 bits per heavy atom. The van der Waals surface area contributed by atoms with Crippen LogP contribution in [0.2, 0.25) is 0 Å². The van der Waals surface area contributed by atoms with Crippen LogP contribution in [0.4, 0.5) is 5.13 Å². The molecule has 1 unspecified atom stereocenters. The van der Waals surface area contributed by atoms with Crippen molar-refractivity contribution >= 4 is 44.9 Å². The Labute approximate surface area is 244 Å². The summed E-state index contributed by atoms with van der Waals surface area (Å²) in [5.41, 5.74) is 11.5. The molecule has 1 aliphatic carbocycles. The number of thiazole rings is 1. The van der Waals surface area contributed by atoms with Crippen LogP contribution in [0.5, 0.6) is 5.75 Å². The molecule has 1 aliphatic rings. The van der Waals surface area contributed by atoms with E-state index in [1.807, 2.05) is 54.6 Å². The fraction of sp³-hybridized carbons (Fsp3) is 0.194. The number of carboxylic acids is 1. The van der Waals surface area contributed by atoms with Gasteiger partial charge < -0.3 is 20.1 Å². The molecule has 1 heterocycles. The molecule has 1 saturated carbocycles. The maximum absolute atomic E-state index is 11.4. The number of nitrogens with zero attached hydrogens (tertiary/aromatic N) is 2. The van der Waals surface area contributed by atoms with E-state index in [0.29, 0.717) is 41.9 Å². The third-order valence-corrected chi connectivity index (χ3v) is 8.08. The highest BCUT2D eigenvalue weighted by Gasteiger charge is 2.27. The highest BCUT2D eigenvalue weighted by molar-refractivity contribution is 7.79. The molecule has 8 nitrogen and oxygen atoms in total. The summed E-state index contributed by atoms with van der Waals surface area (Å²) in [6.07, 6.45) is 3.23. The van der Waals surface area contributed by atoms with Crippen LogP contribution in [-0.2, 0) is 24.1 Å². The Kier molecular flexibility index (Phi) is 9.03. The molecule has 5 rings (SSSR count). The van der Waals surface area contributed by atoms with Gasteiger partial charge in [0.2, 0.25) is 5.13 Å². The van der Waals surface area contributed by atoms with Crippen molar-refractivity contribution in [3.05, 3.63) is 112 Å². The average molecular weight is 587 g/mol. The van der Waals surface area contributed by atoms with Crippen molar-refractivity contribution in [3.63, 3.8) is 0 Å². The fourth-order valence-corrected chi connectivity index (χ4v) is 5.35. The molecule has 0 aliphatic heterocycles. The zero-order valence-electron chi connectivity index (χ0n) is 22.1. The van der Waals surface area contributed by atoms with E-state index in [0.717, 1.165) is 40.8 Å². The maximum atomic E-state index is 11.4. The van der Waals surface area contributed by atoms with Gasteiger partial charge in [-0.25, -0.2) is 14.8 Å². The van der Waals surface area contributed by atoms with Gasteiger partial charge in [0.05, 0.1) is 0 Å². The number of rotatable bonds is 12. The molecule has 1 aromatic heterocycles. The van der Waals surface area contributed by atoms with E-state index in [1.54, 1.807) is 24.3 Å². The molecule has 3 N–H and O–H groups in total. The fourth-order valence-electron chi connectivity index (χ4n) is 4.30. The number of aliphatic imine (C=N–C) groups is 1. The highest BCUT2D eigenvalue weighted by atomic mass is 32.2. The van der Waals surface area contributed by atoms with E-state index in [1.165, 1.54) is 16.7 Å². The molecular formula is C31H28N3O5S2-. The third kappa shape index (κ3) is 7.75. The van der Waals surface area contributed by atoms with E-state index >= 15 is 0 Å². The predicted octanol–water partition coefficient (Wildman–Crippen LogP) is 6.14. The topological polar surface area (TPSA) is 138 Å². The molecule has 10 heteroatoms. The smallest absolute Gasteiger partial charge is 0.355 e. The number of carboxylic acid groups (broad SMARTS) is 1. The molecule has 41 heavy (non-hydrogen) atoms. The lowest BCUT2D eigenvalue weighted by Crippen LogP contribution is -2.14. The summed E-state index contributed by atoms with van der Waals surface area (Å²) in [6, 6.07) is 24.1. The number of carbonyl (C=O) groups is 1. The molecule has 1 atom stereocenters. The second kappa shape index (κ2) is 13.0. The van der Waals surface area contributed by atoms with E-state index in [2.05, 4.69) is 4.98 Å². The monoisotopic (exact) mass is 586 g/mol. The molecule has 0 spiro atoms. The van der Waals surface area contributed by atoms with E-state index in [-0.39, 0.29) is 10.6 Å². The van der Waals surface area contributed by atoms with Crippen LogP contribution in [0.1, 0.15) is 46.4 Å². The van der Waals surface area contributed by atoms with Gasteiger partial charge in [0.25, 0.3) is 0 Å². The lowest BCUT2D eigenvalue weighted by atomic mass is 9.93. The van der Waals surface area contributed by atoms with Crippen molar-refractivity contribution in [3.8, 4) is 5.75 Å². The van der Waals surface area contributed by atoms with Crippen LogP contribution in [-0.4, -0.2) is 30.5 Å². The van der Waals surface area contributed by atoms with Crippen LogP contribution in [0.15, 0.2) is 99.7 Å². The number of hydrogen-bond acceptors (Lipinski definition) is 8. The zero-order valence-corrected chi connectivity index (χ0v) is 23.7. The summed E-state index contributed by atoms with van der Waals surface area (Å²) in [5, 5.41) is 11.2. The zero-order chi connectivity index (χ0) is 28.8. The van der Waals surface area contributed by atoms with E-state index in [9.17, 15) is 18.7 Å². The first-order valence-electron chi connectivity index (χ1n) is 13.1. The summed E-state index contributed by atoms with van der Waals surface area (Å²) in [7, 11) is 0. The van der Waals surface area contributed by atoms with E-state index < -0.39 is 17.0 Å². The van der Waals surface area contributed by atoms with Crippen LogP contribution < -0.4 is 10.5 Å². The Morgan fingerprint density at radius 2 is 1.83 bits per heavy atom. The normalized spacial score (nSPS) is 14.8. The quantitative estimate of drug-likeness (QED) is 0.150. The van der Waals surface area contributed by atoms with Gasteiger partial charge in [-0.3, -0.25) is 4.21 Å². The molecule has 0 bridgehead atoms. The lowest BCUT2D eigenvalue weighted by molar-refractivity contribution is 0.0691. The van der Waals surface area contributed by atoms with Gasteiger partial charge in [0.1, 0.15) is 12.4 Å².